The molecule has 1 aliphatic rings. The van der Waals surface area contributed by atoms with Gasteiger partial charge in [0.15, 0.2) is 11.2 Å². The normalized spacial score (nSPS) is 14.0. The Labute approximate surface area is 532 Å². The molecule has 0 radical (unpaired) electrons. The van der Waals surface area contributed by atoms with Crippen molar-refractivity contribution in [2.45, 2.75) is 32.1 Å². The van der Waals surface area contributed by atoms with Crippen LogP contribution in [0.25, 0.3) is 87.7 Å². The zero-order valence-electron chi connectivity index (χ0n) is 51.1. The van der Waals surface area contributed by atoms with Gasteiger partial charge in [0.25, 0.3) is 0 Å². The summed E-state index contributed by atoms with van der Waals surface area (Å²) in [6.07, 6.45) is 0. The third kappa shape index (κ3) is 8.05. The number of furan rings is 3. The second-order valence-electron chi connectivity index (χ2n) is 24.8. The lowest BCUT2D eigenvalue weighted by molar-refractivity contribution is 0.661. The summed E-state index contributed by atoms with van der Waals surface area (Å²) in [5.41, 5.74) is 24.0. The van der Waals surface area contributed by atoms with Crippen LogP contribution in [0.15, 0.2) is 317 Å². The molecular formula is C87H60N2O3. The molecule has 17 aromatic rings. The maximum Gasteiger partial charge on any atom is 0.160 e. The molecule has 14 aromatic carbocycles. The van der Waals surface area contributed by atoms with Crippen LogP contribution in [-0.4, -0.2) is 0 Å². The highest BCUT2D eigenvalue weighted by Gasteiger charge is 2.51. The number of nitrogens with zero attached hydrogens (tertiary/aromatic N) is 2. The Morgan fingerprint density at radius 3 is 1.51 bits per heavy atom. The summed E-state index contributed by atoms with van der Waals surface area (Å²) in [4.78, 5) is 4.76. The molecule has 436 valence electrons. The first-order valence-electron chi connectivity index (χ1n) is 31.7. The van der Waals surface area contributed by atoms with E-state index < -0.39 is 5.41 Å². The number of aryl methyl sites for hydroxylation is 3. The highest BCUT2D eigenvalue weighted by atomic mass is 16.3. The van der Waals surface area contributed by atoms with Gasteiger partial charge >= 0.3 is 0 Å². The summed E-state index contributed by atoms with van der Waals surface area (Å²) in [6, 6.07) is 111. The van der Waals surface area contributed by atoms with Crippen LogP contribution in [-0.2, 0) is 5.41 Å². The summed E-state index contributed by atoms with van der Waals surface area (Å²) in [6.45, 7) is 6.71. The van der Waals surface area contributed by atoms with E-state index in [9.17, 15) is 0 Å². The molecule has 0 fully saturated rings. The van der Waals surface area contributed by atoms with E-state index >= 15 is 0 Å². The van der Waals surface area contributed by atoms with E-state index in [2.05, 4.69) is 328 Å². The van der Waals surface area contributed by atoms with E-state index in [-0.39, 0.29) is 5.92 Å². The number of benzene rings is 14. The molecule has 0 spiro atoms. The molecule has 0 bridgehead atoms. The Bertz CT molecular complexity index is 5760. The SMILES string of the molecule is Cc1cccc(N(c2ccccc2)c2ccc(C3(c4cc(C)ccc4C)c4cc(C(c5ccccc5)c5cccc6c5oc5ccccc56)c5ccccc5c4-c4c3cc(N(c3ccccc3)c3cccc5c3oc3ccccc35)c3oc5ccccc5c43)cc2)c1. The first-order valence-corrected chi connectivity index (χ1v) is 31.7. The fourth-order valence-electron chi connectivity index (χ4n) is 15.6. The summed E-state index contributed by atoms with van der Waals surface area (Å²) in [5, 5.41) is 8.71. The van der Waals surface area contributed by atoms with Crippen LogP contribution in [0.1, 0.15) is 61.6 Å². The molecule has 0 aliphatic heterocycles. The van der Waals surface area contributed by atoms with Crippen LogP contribution >= 0.6 is 0 Å². The smallest absolute Gasteiger partial charge is 0.160 e. The topological polar surface area (TPSA) is 45.9 Å². The van der Waals surface area contributed by atoms with Gasteiger partial charge in [-0.25, -0.2) is 0 Å². The van der Waals surface area contributed by atoms with Crippen molar-refractivity contribution in [3.63, 3.8) is 0 Å². The lowest BCUT2D eigenvalue weighted by Gasteiger charge is -2.37. The molecule has 0 saturated heterocycles. The molecule has 0 amide bonds. The largest absolute Gasteiger partial charge is 0.456 e. The molecule has 1 aliphatic carbocycles. The zero-order valence-corrected chi connectivity index (χ0v) is 51.1. The van der Waals surface area contributed by atoms with Gasteiger partial charge in [-0.05, 0) is 166 Å². The maximum absolute atomic E-state index is 7.54. The second-order valence-corrected chi connectivity index (χ2v) is 24.8. The highest BCUT2D eigenvalue weighted by Crippen LogP contribution is 2.64. The van der Waals surface area contributed by atoms with Crippen molar-refractivity contribution in [3.8, 4) is 11.1 Å². The molecule has 2 unspecified atom stereocenters. The standard InChI is InChI=1S/C87H60N2O3/c1-54-24-21-31-62(50-54)88(59-27-9-5-10-28-59)61-48-46-58(47-49-61)87(72-51-55(2)44-45-56(72)3)73-52-71(80(57-25-7-4-8-26-57)70-39-22-37-67-64-33-15-18-41-77(64)90-84(67)70)63-32-13-14-35-66(63)81(73)83-74(87)53-76(86-82(83)69-36-17-20-43-79(69)92-86)89(60-29-11-6-12-30-60)75-40-23-38-68-65-34-16-19-42-78(65)91-85(68)75/h4-53,80H,1-3H3. The molecule has 92 heavy (non-hydrogen) atoms. The van der Waals surface area contributed by atoms with Gasteiger partial charge in [-0.15, -0.1) is 0 Å². The average Bonchev–Trinajstić information content (AvgIpc) is 1.49. The van der Waals surface area contributed by atoms with Gasteiger partial charge in [-0.1, -0.05) is 230 Å². The predicted molar refractivity (Wildman–Crippen MR) is 380 cm³/mol. The molecule has 0 saturated carbocycles. The minimum Gasteiger partial charge on any atom is -0.456 e. The van der Waals surface area contributed by atoms with Crippen molar-refractivity contribution in [3.05, 3.63) is 359 Å². The van der Waals surface area contributed by atoms with Crippen molar-refractivity contribution in [1.82, 2.24) is 0 Å². The van der Waals surface area contributed by atoms with Gasteiger partial charge in [-0.3, -0.25) is 0 Å². The Kier molecular flexibility index (Phi) is 12.2. The van der Waals surface area contributed by atoms with Crippen LogP contribution in [0.2, 0.25) is 0 Å². The number of para-hydroxylation sites is 7. The van der Waals surface area contributed by atoms with Crippen LogP contribution in [0, 0.1) is 20.8 Å². The average molecular weight is 1180 g/mol. The van der Waals surface area contributed by atoms with E-state index in [0.29, 0.717) is 0 Å². The van der Waals surface area contributed by atoms with E-state index in [1.807, 2.05) is 6.07 Å². The van der Waals surface area contributed by atoms with Crippen molar-refractivity contribution in [2.75, 3.05) is 9.80 Å². The van der Waals surface area contributed by atoms with E-state index in [1.165, 1.54) is 44.5 Å². The van der Waals surface area contributed by atoms with Gasteiger partial charge in [0.05, 0.1) is 16.8 Å². The second kappa shape index (κ2) is 21.0. The highest BCUT2D eigenvalue weighted by molar-refractivity contribution is 6.23. The molecular weight excluding hydrogens is 1120 g/mol. The molecule has 18 rings (SSSR count). The number of hydrogen-bond donors (Lipinski definition) is 0. The van der Waals surface area contributed by atoms with E-state index in [0.717, 1.165) is 133 Å². The van der Waals surface area contributed by atoms with Gasteiger partial charge in [-0.2, -0.15) is 0 Å². The Morgan fingerprint density at radius 1 is 0.304 bits per heavy atom. The minimum atomic E-state index is -0.985. The molecule has 5 nitrogen and oxygen atoms in total. The third-order valence-corrected chi connectivity index (χ3v) is 19.5. The number of anilines is 6. The summed E-state index contributed by atoms with van der Waals surface area (Å²) in [5.74, 6) is -0.268. The Hall–Kier alpha value is -11.7. The van der Waals surface area contributed by atoms with Crippen molar-refractivity contribution in [1.29, 1.82) is 0 Å². The fraction of sp³-hybridized carbons (Fsp3) is 0.0575. The Morgan fingerprint density at radius 2 is 0.815 bits per heavy atom. The summed E-state index contributed by atoms with van der Waals surface area (Å²) in [7, 11) is 0. The molecule has 0 N–H and O–H groups in total. The van der Waals surface area contributed by atoms with E-state index in [4.69, 9.17) is 13.3 Å². The van der Waals surface area contributed by atoms with Crippen LogP contribution in [0.3, 0.4) is 0 Å². The van der Waals surface area contributed by atoms with Crippen LogP contribution in [0.5, 0.6) is 0 Å². The lowest BCUT2D eigenvalue weighted by Crippen LogP contribution is -2.30. The third-order valence-electron chi connectivity index (χ3n) is 19.5. The molecule has 3 heterocycles. The van der Waals surface area contributed by atoms with Gasteiger partial charge < -0.3 is 23.1 Å². The Balaban J connectivity index is 1.02. The quantitative estimate of drug-likeness (QED) is 0.121. The fourth-order valence-corrected chi connectivity index (χ4v) is 15.6. The molecule has 3 aromatic heterocycles. The molecule has 2 atom stereocenters. The zero-order chi connectivity index (χ0) is 61.2. The van der Waals surface area contributed by atoms with Crippen molar-refractivity contribution < 1.29 is 13.3 Å². The number of fused-ring (bicyclic) bond motifs is 15. The molecule has 5 heteroatoms. The van der Waals surface area contributed by atoms with Gasteiger partial charge in [0, 0.05) is 66.5 Å². The number of hydrogen-bond acceptors (Lipinski definition) is 5. The first kappa shape index (κ1) is 53.4. The van der Waals surface area contributed by atoms with Crippen molar-refractivity contribution in [2.24, 2.45) is 0 Å². The van der Waals surface area contributed by atoms with Crippen LogP contribution in [0.4, 0.5) is 34.1 Å². The maximum atomic E-state index is 7.54. The van der Waals surface area contributed by atoms with Crippen molar-refractivity contribution >= 4 is 111 Å². The van der Waals surface area contributed by atoms with Gasteiger partial charge in [0.2, 0.25) is 0 Å². The van der Waals surface area contributed by atoms with Crippen LogP contribution < -0.4 is 9.80 Å². The first-order chi connectivity index (χ1) is 45.4. The number of rotatable bonds is 11. The van der Waals surface area contributed by atoms with E-state index in [1.54, 1.807) is 0 Å². The monoisotopic (exact) mass is 1180 g/mol. The predicted octanol–water partition coefficient (Wildman–Crippen LogP) is 23.9. The lowest BCUT2D eigenvalue weighted by atomic mass is 9.65. The summed E-state index contributed by atoms with van der Waals surface area (Å²) < 4.78 is 21.7. The van der Waals surface area contributed by atoms with Gasteiger partial charge in [0.1, 0.15) is 22.3 Å². The summed E-state index contributed by atoms with van der Waals surface area (Å²) >= 11 is 0. The minimum absolute atomic E-state index is 0.268.